The molecule has 0 aliphatic carbocycles. The Balaban J connectivity index is 1.95. The van der Waals surface area contributed by atoms with Crippen molar-refractivity contribution < 1.29 is 27.5 Å². The molecule has 34 heavy (non-hydrogen) atoms. The van der Waals surface area contributed by atoms with Crippen LogP contribution in [0.25, 0.3) is 0 Å². The molecule has 3 rings (SSSR count). The number of hydrogen-bond acceptors (Lipinski definition) is 6. The van der Waals surface area contributed by atoms with Gasteiger partial charge in [0.1, 0.15) is 17.0 Å². The van der Waals surface area contributed by atoms with Gasteiger partial charge in [0.05, 0.1) is 33.1 Å². The van der Waals surface area contributed by atoms with Crippen LogP contribution in [0.5, 0.6) is 11.5 Å². The van der Waals surface area contributed by atoms with Crippen molar-refractivity contribution in [2.45, 2.75) is 32.5 Å². The number of amides is 2. The summed E-state index contributed by atoms with van der Waals surface area (Å²) in [6.45, 7) is 2.97. The van der Waals surface area contributed by atoms with E-state index in [1.165, 1.54) is 18.9 Å². The fourth-order valence-electron chi connectivity index (χ4n) is 3.95. The fourth-order valence-corrected chi connectivity index (χ4v) is 5.07. The second-order valence-electron chi connectivity index (χ2n) is 8.27. The number of nitrogens with zero attached hydrogens (tertiary/aromatic N) is 2. The summed E-state index contributed by atoms with van der Waals surface area (Å²) in [5.74, 6) is 0.0394. The van der Waals surface area contributed by atoms with E-state index in [-0.39, 0.29) is 31.9 Å². The quantitative estimate of drug-likeness (QED) is 0.576. The van der Waals surface area contributed by atoms with Crippen molar-refractivity contribution in [2.75, 3.05) is 33.1 Å². The summed E-state index contributed by atoms with van der Waals surface area (Å²) in [6, 6.07) is 14.6. The molecule has 2 amide bonds. The van der Waals surface area contributed by atoms with E-state index in [1.54, 1.807) is 32.2 Å². The van der Waals surface area contributed by atoms with Crippen LogP contribution < -0.4 is 14.8 Å². The average molecular weight is 490 g/mol. The van der Waals surface area contributed by atoms with Crippen molar-refractivity contribution in [3.05, 3.63) is 59.7 Å². The number of rotatable bonds is 9. The van der Waals surface area contributed by atoms with Crippen LogP contribution in [0.15, 0.2) is 48.5 Å². The molecule has 0 saturated carbocycles. The van der Waals surface area contributed by atoms with E-state index in [2.05, 4.69) is 5.32 Å². The first kappa shape index (κ1) is 25.5. The number of nitrogens with one attached hydrogen (secondary N) is 1. The van der Waals surface area contributed by atoms with Crippen molar-refractivity contribution >= 4 is 21.8 Å². The summed E-state index contributed by atoms with van der Waals surface area (Å²) in [5, 5.41) is 2.88. The van der Waals surface area contributed by atoms with Crippen LogP contribution in [0.1, 0.15) is 25.0 Å². The Hall–Kier alpha value is -3.11. The summed E-state index contributed by atoms with van der Waals surface area (Å²) >= 11 is 0. The molecule has 1 aliphatic rings. The maximum atomic E-state index is 13.5. The lowest BCUT2D eigenvalue weighted by atomic mass is 9.94. The van der Waals surface area contributed by atoms with Gasteiger partial charge in [0.15, 0.2) is 0 Å². The normalized spacial score (nSPS) is 19.1. The molecule has 1 atom stereocenters. The molecule has 0 aromatic heterocycles. The van der Waals surface area contributed by atoms with Crippen LogP contribution in [0.3, 0.4) is 0 Å². The molecular formula is C24H31N3O6S. The number of methoxy groups -OCH3 is 2. The molecule has 0 unspecified atom stereocenters. The van der Waals surface area contributed by atoms with E-state index in [1.807, 2.05) is 30.3 Å². The molecule has 0 bridgehead atoms. The molecule has 9 nitrogen and oxygen atoms in total. The molecule has 1 fully saturated rings. The van der Waals surface area contributed by atoms with Gasteiger partial charge in [-0.3, -0.25) is 9.59 Å². The minimum atomic E-state index is -3.68. The molecule has 1 N–H and O–H groups in total. The maximum Gasteiger partial charge on any atom is 0.247 e. The molecule has 0 radical (unpaired) electrons. The fraction of sp³-hybridized carbons (Fsp3) is 0.417. The zero-order chi connectivity index (χ0) is 24.9. The maximum absolute atomic E-state index is 13.5. The van der Waals surface area contributed by atoms with Crippen LogP contribution in [-0.2, 0) is 32.7 Å². The average Bonchev–Trinajstić information content (AvgIpc) is 2.85. The van der Waals surface area contributed by atoms with Gasteiger partial charge in [0.25, 0.3) is 0 Å². The zero-order valence-corrected chi connectivity index (χ0v) is 20.7. The molecule has 2 aromatic rings. The number of carbonyl (C=O) groups excluding carboxylic acids is 2. The second-order valence-corrected chi connectivity index (χ2v) is 10.5. The molecule has 2 aromatic carbocycles. The van der Waals surface area contributed by atoms with Gasteiger partial charge in [-0.15, -0.1) is 0 Å². The monoisotopic (exact) mass is 489 g/mol. The SMILES string of the molecule is CCS(=O)(=O)N1CC(=O)N(Cc2ccc(OC)cc2OC)[C@@](C)(C(=O)NCc2ccccc2)C1. The third-order valence-electron chi connectivity index (χ3n) is 6.06. The first-order valence-electron chi connectivity index (χ1n) is 11.0. The van der Waals surface area contributed by atoms with Crippen molar-refractivity contribution in [3.8, 4) is 11.5 Å². The lowest BCUT2D eigenvalue weighted by Crippen LogP contribution is -2.69. The van der Waals surface area contributed by atoms with Crippen molar-refractivity contribution in [1.29, 1.82) is 0 Å². The Morgan fingerprint density at radius 2 is 1.82 bits per heavy atom. The summed E-state index contributed by atoms with van der Waals surface area (Å²) in [5.41, 5.74) is 0.130. The molecule has 10 heteroatoms. The van der Waals surface area contributed by atoms with Gasteiger partial charge in [-0.05, 0) is 31.5 Å². The highest BCUT2D eigenvalue weighted by molar-refractivity contribution is 7.89. The van der Waals surface area contributed by atoms with Crippen LogP contribution in [0, 0.1) is 0 Å². The van der Waals surface area contributed by atoms with E-state index in [0.717, 1.165) is 9.87 Å². The van der Waals surface area contributed by atoms with Gasteiger partial charge in [-0.2, -0.15) is 4.31 Å². The van der Waals surface area contributed by atoms with Gasteiger partial charge in [-0.1, -0.05) is 30.3 Å². The lowest BCUT2D eigenvalue weighted by Gasteiger charge is -2.47. The predicted octanol–water partition coefficient (Wildman–Crippen LogP) is 1.77. The summed E-state index contributed by atoms with van der Waals surface area (Å²) in [4.78, 5) is 28.2. The van der Waals surface area contributed by atoms with Gasteiger partial charge in [-0.25, -0.2) is 8.42 Å². The van der Waals surface area contributed by atoms with E-state index in [0.29, 0.717) is 17.1 Å². The number of carbonyl (C=O) groups is 2. The molecule has 184 valence electrons. The van der Waals surface area contributed by atoms with Gasteiger partial charge in [0, 0.05) is 24.7 Å². The van der Waals surface area contributed by atoms with Crippen LogP contribution in [0.2, 0.25) is 0 Å². The van der Waals surface area contributed by atoms with Crippen molar-refractivity contribution in [2.24, 2.45) is 0 Å². The molecular weight excluding hydrogens is 458 g/mol. The topological polar surface area (TPSA) is 105 Å². The number of benzene rings is 2. The Morgan fingerprint density at radius 1 is 1.12 bits per heavy atom. The molecule has 1 heterocycles. The van der Waals surface area contributed by atoms with E-state index in [9.17, 15) is 18.0 Å². The van der Waals surface area contributed by atoms with E-state index >= 15 is 0 Å². The van der Waals surface area contributed by atoms with Crippen molar-refractivity contribution in [1.82, 2.24) is 14.5 Å². The van der Waals surface area contributed by atoms with Gasteiger partial charge in [0.2, 0.25) is 21.8 Å². The minimum absolute atomic E-state index is 0.0707. The number of piperazine rings is 1. The predicted molar refractivity (Wildman–Crippen MR) is 128 cm³/mol. The second kappa shape index (κ2) is 10.4. The van der Waals surface area contributed by atoms with E-state index in [4.69, 9.17) is 9.47 Å². The van der Waals surface area contributed by atoms with Crippen molar-refractivity contribution in [3.63, 3.8) is 0 Å². The number of hydrogen-bond donors (Lipinski definition) is 1. The highest BCUT2D eigenvalue weighted by Gasteiger charge is 2.50. The number of sulfonamides is 1. The smallest absolute Gasteiger partial charge is 0.247 e. The summed E-state index contributed by atoms with van der Waals surface area (Å²) in [6.07, 6.45) is 0. The summed E-state index contributed by atoms with van der Waals surface area (Å²) < 4.78 is 37.0. The van der Waals surface area contributed by atoms with E-state index < -0.39 is 27.4 Å². The minimum Gasteiger partial charge on any atom is -0.497 e. The number of ether oxygens (including phenoxy) is 2. The van der Waals surface area contributed by atoms with Gasteiger partial charge >= 0.3 is 0 Å². The summed E-state index contributed by atoms with van der Waals surface area (Å²) in [7, 11) is -0.627. The largest absolute Gasteiger partial charge is 0.497 e. The standard InChI is InChI=1S/C24H31N3O6S/c1-5-34(30,31)26-16-22(28)27(15-19-11-12-20(32-3)13-21(19)33-4)24(2,17-26)23(29)25-14-18-9-7-6-8-10-18/h6-13H,5,14-17H2,1-4H3,(H,25,29)/t24-/m1/s1. The molecule has 1 saturated heterocycles. The first-order valence-corrected chi connectivity index (χ1v) is 12.6. The molecule has 0 spiro atoms. The Bertz CT molecular complexity index is 1140. The highest BCUT2D eigenvalue weighted by Crippen LogP contribution is 2.31. The van der Waals surface area contributed by atoms with Gasteiger partial charge < -0.3 is 19.7 Å². The highest BCUT2D eigenvalue weighted by atomic mass is 32.2. The van der Waals surface area contributed by atoms with Crippen LogP contribution in [0.4, 0.5) is 0 Å². The molecule has 1 aliphatic heterocycles. The zero-order valence-electron chi connectivity index (χ0n) is 19.9. The first-order chi connectivity index (χ1) is 16.1. The Morgan fingerprint density at radius 3 is 2.44 bits per heavy atom. The van der Waals surface area contributed by atoms with Crippen LogP contribution >= 0.6 is 0 Å². The van der Waals surface area contributed by atoms with Crippen LogP contribution in [-0.4, -0.2) is 68.0 Å². The third kappa shape index (κ3) is 5.34. The lowest BCUT2D eigenvalue weighted by molar-refractivity contribution is -0.153. The Kier molecular flexibility index (Phi) is 7.83. The Labute approximate surface area is 200 Å². The third-order valence-corrected chi connectivity index (χ3v) is 7.83.